The SMILES string of the molecule is CCCCOc1cccc(NC(=O)c2ccccc2OCC(C)C)c1. The first-order valence-electron chi connectivity index (χ1n) is 8.86. The van der Waals surface area contributed by atoms with Gasteiger partial charge in [-0.25, -0.2) is 0 Å². The normalized spacial score (nSPS) is 10.6. The summed E-state index contributed by atoms with van der Waals surface area (Å²) >= 11 is 0. The van der Waals surface area contributed by atoms with Gasteiger partial charge in [0, 0.05) is 11.8 Å². The highest BCUT2D eigenvalue weighted by atomic mass is 16.5. The highest BCUT2D eigenvalue weighted by molar-refractivity contribution is 6.06. The molecule has 0 radical (unpaired) electrons. The number of hydrogen-bond donors (Lipinski definition) is 1. The quantitative estimate of drug-likeness (QED) is 0.641. The number of unbranched alkanes of at least 4 members (excludes halogenated alkanes) is 1. The van der Waals surface area contributed by atoms with Crippen LogP contribution in [-0.2, 0) is 0 Å². The van der Waals surface area contributed by atoms with E-state index in [2.05, 4.69) is 26.1 Å². The molecule has 4 nitrogen and oxygen atoms in total. The second-order valence-electron chi connectivity index (χ2n) is 6.38. The second-order valence-corrected chi connectivity index (χ2v) is 6.38. The predicted molar refractivity (Wildman–Crippen MR) is 102 cm³/mol. The number of hydrogen-bond acceptors (Lipinski definition) is 3. The highest BCUT2D eigenvalue weighted by Gasteiger charge is 2.13. The summed E-state index contributed by atoms with van der Waals surface area (Å²) < 4.78 is 11.4. The summed E-state index contributed by atoms with van der Waals surface area (Å²) in [6.45, 7) is 7.53. The van der Waals surface area contributed by atoms with E-state index in [0.717, 1.165) is 18.6 Å². The molecule has 0 fully saturated rings. The predicted octanol–water partition coefficient (Wildman–Crippen LogP) is 5.15. The van der Waals surface area contributed by atoms with Gasteiger partial charge in [0.1, 0.15) is 11.5 Å². The molecule has 0 spiro atoms. The van der Waals surface area contributed by atoms with Crippen molar-refractivity contribution in [2.45, 2.75) is 33.6 Å². The lowest BCUT2D eigenvalue weighted by molar-refractivity contribution is 0.102. The van der Waals surface area contributed by atoms with Gasteiger partial charge in [0.2, 0.25) is 0 Å². The number of benzene rings is 2. The molecule has 0 heterocycles. The third-order valence-electron chi connectivity index (χ3n) is 3.56. The lowest BCUT2D eigenvalue weighted by atomic mass is 10.1. The van der Waals surface area contributed by atoms with Crippen LogP contribution in [0.15, 0.2) is 48.5 Å². The fourth-order valence-electron chi connectivity index (χ4n) is 2.23. The monoisotopic (exact) mass is 341 g/mol. The molecule has 0 aliphatic rings. The fourth-order valence-corrected chi connectivity index (χ4v) is 2.23. The van der Waals surface area contributed by atoms with Crippen LogP contribution in [0.1, 0.15) is 44.0 Å². The van der Waals surface area contributed by atoms with Gasteiger partial charge in [-0.1, -0.05) is 45.4 Å². The van der Waals surface area contributed by atoms with Gasteiger partial charge in [0.05, 0.1) is 18.8 Å². The molecule has 0 bridgehead atoms. The standard InChI is InChI=1S/C21H27NO3/c1-4-5-13-24-18-10-8-9-17(14-18)22-21(23)19-11-6-7-12-20(19)25-15-16(2)3/h6-12,14,16H,4-5,13,15H2,1-3H3,(H,22,23). The molecule has 0 aromatic heterocycles. The first-order valence-corrected chi connectivity index (χ1v) is 8.86. The van der Waals surface area contributed by atoms with Crippen LogP contribution in [0.25, 0.3) is 0 Å². The van der Waals surface area contributed by atoms with Crippen molar-refractivity contribution in [3.63, 3.8) is 0 Å². The number of anilines is 1. The van der Waals surface area contributed by atoms with E-state index in [4.69, 9.17) is 9.47 Å². The van der Waals surface area contributed by atoms with Gasteiger partial charge in [0.15, 0.2) is 0 Å². The lowest BCUT2D eigenvalue weighted by Gasteiger charge is -2.13. The van der Waals surface area contributed by atoms with Crippen molar-refractivity contribution in [2.24, 2.45) is 5.92 Å². The smallest absolute Gasteiger partial charge is 0.259 e. The Bertz CT molecular complexity index is 682. The Morgan fingerprint density at radius 3 is 2.64 bits per heavy atom. The lowest BCUT2D eigenvalue weighted by Crippen LogP contribution is -2.15. The van der Waals surface area contributed by atoms with E-state index in [1.165, 1.54) is 0 Å². The molecule has 0 saturated heterocycles. The molecule has 2 aromatic rings. The molecular weight excluding hydrogens is 314 g/mol. The molecule has 0 aliphatic carbocycles. The Morgan fingerprint density at radius 1 is 1.08 bits per heavy atom. The van der Waals surface area contributed by atoms with Crippen LogP contribution >= 0.6 is 0 Å². The summed E-state index contributed by atoms with van der Waals surface area (Å²) in [7, 11) is 0. The molecule has 0 unspecified atom stereocenters. The molecule has 134 valence electrons. The van der Waals surface area contributed by atoms with E-state index in [9.17, 15) is 4.79 Å². The number of ether oxygens (including phenoxy) is 2. The van der Waals surface area contributed by atoms with Gasteiger partial charge in [-0.05, 0) is 36.6 Å². The van der Waals surface area contributed by atoms with E-state index in [0.29, 0.717) is 36.1 Å². The maximum atomic E-state index is 12.6. The zero-order valence-electron chi connectivity index (χ0n) is 15.2. The first-order chi connectivity index (χ1) is 12.1. The minimum atomic E-state index is -0.190. The molecule has 0 aliphatic heterocycles. The summed E-state index contributed by atoms with van der Waals surface area (Å²) in [5.74, 6) is 1.57. The van der Waals surface area contributed by atoms with Crippen LogP contribution < -0.4 is 14.8 Å². The fraction of sp³-hybridized carbons (Fsp3) is 0.381. The van der Waals surface area contributed by atoms with Crippen molar-refractivity contribution in [3.05, 3.63) is 54.1 Å². The number of carbonyl (C=O) groups excluding carboxylic acids is 1. The Labute approximate surface area is 150 Å². The van der Waals surface area contributed by atoms with Gasteiger partial charge in [-0.3, -0.25) is 4.79 Å². The minimum Gasteiger partial charge on any atom is -0.494 e. The van der Waals surface area contributed by atoms with Gasteiger partial charge >= 0.3 is 0 Å². The van der Waals surface area contributed by atoms with Crippen LogP contribution in [0, 0.1) is 5.92 Å². The number of nitrogens with one attached hydrogen (secondary N) is 1. The van der Waals surface area contributed by atoms with E-state index in [-0.39, 0.29) is 5.91 Å². The molecule has 2 aromatic carbocycles. The van der Waals surface area contributed by atoms with Gasteiger partial charge in [-0.15, -0.1) is 0 Å². The van der Waals surface area contributed by atoms with Gasteiger partial charge in [-0.2, -0.15) is 0 Å². The van der Waals surface area contributed by atoms with Crippen molar-refractivity contribution in [3.8, 4) is 11.5 Å². The zero-order chi connectivity index (χ0) is 18.1. The number of para-hydroxylation sites is 1. The van der Waals surface area contributed by atoms with Crippen LogP contribution in [0.4, 0.5) is 5.69 Å². The first kappa shape index (κ1) is 18.8. The van der Waals surface area contributed by atoms with Crippen molar-refractivity contribution in [1.82, 2.24) is 0 Å². The average molecular weight is 341 g/mol. The maximum Gasteiger partial charge on any atom is 0.259 e. The average Bonchev–Trinajstić information content (AvgIpc) is 2.61. The molecule has 4 heteroatoms. The van der Waals surface area contributed by atoms with Gasteiger partial charge in [0.25, 0.3) is 5.91 Å². The topological polar surface area (TPSA) is 47.6 Å². The minimum absolute atomic E-state index is 0.190. The van der Waals surface area contributed by atoms with Crippen molar-refractivity contribution >= 4 is 11.6 Å². The summed E-state index contributed by atoms with van der Waals surface area (Å²) in [4.78, 5) is 12.6. The Hall–Kier alpha value is -2.49. The molecular formula is C21H27NO3. The van der Waals surface area contributed by atoms with Gasteiger partial charge < -0.3 is 14.8 Å². The largest absolute Gasteiger partial charge is 0.494 e. The molecule has 2 rings (SSSR count). The van der Waals surface area contributed by atoms with Crippen molar-refractivity contribution < 1.29 is 14.3 Å². The van der Waals surface area contributed by atoms with E-state index in [1.54, 1.807) is 6.07 Å². The third kappa shape index (κ3) is 6.14. The summed E-state index contributed by atoms with van der Waals surface area (Å²) in [6.07, 6.45) is 2.10. The Morgan fingerprint density at radius 2 is 1.88 bits per heavy atom. The molecule has 0 atom stereocenters. The summed E-state index contributed by atoms with van der Waals surface area (Å²) in [6, 6.07) is 14.8. The van der Waals surface area contributed by atoms with Crippen LogP contribution in [0.5, 0.6) is 11.5 Å². The van der Waals surface area contributed by atoms with Crippen molar-refractivity contribution in [1.29, 1.82) is 0 Å². The maximum absolute atomic E-state index is 12.6. The number of amides is 1. The third-order valence-corrected chi connectivity index (χ3v) is 3.56. The number of rotatable bonds is 9. The molecule has 0 saturated carbocycles. The van der Waals surface area contributed by atoms with Crippen molar-refractivity contribution in [2.75, 3.05) is 18.5 Å². The Balaban J connectivity index is 2.05. The van der Waals surface area contributed by atoms with E-state index >= 15 is 0 Å². The molecule has 25 heavy (non-hydrogen) atoms. The van der Waals surface area contributed by atoms with Crippen LogP contribution in [0.2, 0.25) is 0 Å². The molecule has 1 N–H and O–H groups in total. The van der Waals surface area contributed by atoms with E-state index < -0.39 is 0 Å². The Kier molecular flexibility index (Phi) is 7.33. The highest BCUT2D eigenvalue weighted by Crippen LogP contribution is 2.22. The molecule has 1 amide bonds. The van der Waals surface area contributed by atoms with E-state index in [1.807, 2.05) is 42.5 Å². The zero-order valence-corrected chi connectivity index (χ0v) is 15.2. The second kappa shape index (κ2) is 9.72. The van der Waals surface area contributed by atoms with Crippen LogP contribution in [0.3, 0.4) is 0 Å². The summed E-state index contributed by atoms with van der Waals surface area (Å²) in [5.41, 5.74) is 1.23. The number of carbonyl (C=O) groups is 1. The van der Waals surface area contributed by atoms with Crippen LogP contribution in [-0.4, -0.2) is 19.1 Å². The summed E-state index contributed by atoms with van der Waals surface area (Å²) in [5, 5.41) is 2.92.